The maximum atomic E-state index is 5.73. The molecule has 0 spiro atoms. The zero-order valence-corrected chi connectivity index (χ0v) is 9.13. The molecule has 0 aliphatic heterocycles. The summed E-state index contributed by atoms with van der Waals surface area (Å²) in [5.41, 5.74) is -0.110. The molecule has 0 saturated carbocycles. The summed E-state index contributed by atoms with van der Waals surface area (Å²) in [6.45, 7) is 11.9. The first-order chi connectivity index (χ1) is 6.05. The van der Waals surface area contributed by atoms with Gasteiger partial charge >= 0.3 is 0 Å². The van der Waals surface area contributed by atoms with Crippen LogP contribution in [0.1, 0.15) is 34.1 Å². The molecule has 74 valence electrons. The van der Waals surface area contributed by atoms with Gasteiger partial charge in [-0.2, -0.15) is 0 Å². The highest BCUT2D eigenvalue weighted by molar-refractivity contribution is 5.16. The molecule has 0 aliphatic rings. The van der Waals surface area contributed by atoms with Gasteiger partial charge in [-0.3, -0.25) is 0 Å². The fourth-order valence-electron chi connectivity index (χ4n) is 0.726. The molecule has 0 aromatic carbocycles. The zero-order valence-electron chi connectivity index (χ0n) is 9.13. The van der Waals surface area contributed by atoms with E-state index in [0.29, 0.717) is 0 Å². The molecular formula is C12H20O. The normalized spacial score (nSPS) is 13.4. The van der Waals surface area contributed by atoms with Crippen LogP contribution in [0.15, 0.2) is 36.6 Å². The van der Waals surface area contributed by atoms with Gasteiger partial charge in [0.2, 0.25) is 0 Å². The van der Waals surface area contributed by atoms with E-state index < -0.39 is 0 Å². The summed E-state index contributed by atoms with van der Waals surface area (Å²) >= 11 is 0. The first-order valence-electron chi connectivity index (χ1n) is 4.70. The van der Waals surface area contributed by atoms with Crippen molar-refractivity contribution in [3.8, 4) is 0 Å². The first-order valence-corrected chi connectivity index (χ1v) is 4.70. The third-order valence-corrected chi connectivity index (χ3v) is 1.90. The molecule has 0 N–H and O–H groups in total. The van der Waals surface area contributed by atoms with Crippen molar-refractivity contribution in [3.63, 3.8) is 0 Å². The average molecular weight is 180 g/mol. The van der Waals surface area contributed by atoms with E-state index >= 15 is 0 Å². The van der Waals surface area contributed by atoms with Crippen LogP contribution in [0.5, 0.6) is 0 Å². The lowest BCUT2D eigenvalue weighted by molar-refractivity contribution is 0.0389. The van der Waals surface area contributed by atoms with Gasteiger partial charge in [0, 0.05) is 0 Å². The van der Waals surface area contributed by atoms with Crippen LogP contribution in [0.4, 0.5) is 0 Å². The Kier molecular flexibility index (Phi) is 5.20. The summed E-state index contributed by atoms with van der Waals surface area (Å²) in [4.78, 5) is 0. The van der Waals surface area contributed by atoms with E-state index in [4.69, 9.17) is 4.74 Å². The maximum absolute atomic E-state index is 5.73. The molecule has 1 nitrogen and oxygen atoms in total. The van der Waals surface area contributed by atoms with Gasteiger partial charge in [0.25, 0.3) is 0 Å². The first kappa shape index (κ1) is 12.0. The molecule has 0 saturated heterocycles. The molecule has 0 heterocycles. The highest BCUT2D eigenvalue weighted by atomic mass is 16.5. The number of allylic oxidation sites excluding steroid dienone is 4. The Balaban J connectivity index is 4.37. The van der Waals surface area contributed by atoms with Gasteiger partial charge in [0.1, 0.15) is 11.4 Å². The SMILES string of the molecule is C=C/C(=C\C=C\C)OC(C)(C)CC. The zero-order chi connectivity index (χ0) is 10.3. The molecule has 0 unspecified atom stereocenters. The second-order valence-corrected chi connectivity index (χ2v) is 3.51. The van der Waals surface area contributed by atoms with Crippen LogP contribution >= 0.6 is 0 Å². The highest BCUT2D eigenvalue weighted by Crippen LogP contribution is 2.18. The number of hydrogen-bond donors (Lipinski definition) is 0. The van der Waals surface area contributed by atoms with Gasteiger partial charge in [-0.05, 0) is 39.3 Å². The minimum atomic E-state index is -0.110. The minimum Gasteiger partial charge on any atom is -0.488 e. The van der Waals surface area contributed by atoms with Gasteiger partial charge in [-0.15, -0.1) is 0 Å². The van der Waals surface area contributed by atoms with Crippen molar-refractivity contribution in [3.05, 3.63) is 36.6 Å². The molecule has 0 bridgehead atoms. The molecular weight excluding hydrogens is 160 g/mol. The summed E-state index contributed by atoms with van der Waals surface area (Å²) in [7, 11) is 0. The van der Waals surface area contributed by atoms with Gasteiger partial charge in [0.05, 0.1) is 0 Å². The Labute approximate surface area is 81.8 Å². The second-order valence-electron chi connectivity index (χ2n) is 3.51. The average Bonchev–Trinajstić information content (AvgIpc) is 2.12. The van der Waals surface area contributed by atoms with Crippen molar-refractivity contribution in [2.24, 2.45) is 0 Å². The van der Waals surface area contributed by atoms with Crippen LogP contribution in [0.2, 0.25) is 0 Å². The maximum Gasteiger partial charge on any atom is 0.119 e. The molecule has 0 fully saturated rings. The Morgan fingerprint density at radius 2 is 2.08 bits per heavy atom. The predicted molar refractivity (Wildman–Crippen MR) is 58.5 cm³/mol. The van der Waals surface area contributed by atoms with Crippen molar-refractivity contribution < 1.29 is 4.74 Å². The largest absolute Gasteiger partial charge is 0.488 e. The topological polar surface area (TPSA) is 9.23 Å². The van der Waals surface area contributed by atoms with E-state index in [2.05, 4.69) is 27.4 Å². The second kappa shape index (κ2) is 5.63. The summed E-state index contributed by atoms with van der Waals surface area (Å²) < 4.78 is 5.73. The van der Waals surface area contributed by atoms with Crippen molar-refractivity contribution in [1.82, 2.24) is 0 Å². The molecule has 1 heteroatoms. The monoisotopic (exact) mass is 180 g/mol. The van der Waals surface area contributed by atoms with Gasteiger partial charge < -0.3 is 4.74 Å². The fourth-order valence-corrected chi connectivity index (χ4v) is 0.726. The smallest absolute Gasteiger partial charge is 0.119 e. The number of rotatable bonds is 5. The van der Waals surface area contributed by atoms with E-state index in [1.807, 2.05) is 25.2 Å². The molecule has 0 aromatic rings. The lowest BCUT2D eigenvalue weighted by Crippen LogP contribution is -2.22. The molecule has 0 radical (unpaired) electrons. The van der Waals surface area contributed by atoms with Crippen LogP contribution < -0.4 is 0 Å². The highest BCUT2D eigenvalue weighted by Gasteiger charge is 2.16. The van der Waals surface area contributed by atoms with E-state index in [1.165, 1.54) is 0 Å². The quantitative estimate of drug-likeness (QED) is 0.461. The molecule has 0 atom stereocenters. The van der Waals surface area contributed by atoms with Gasteiger partial charge in [-0.1, -0.05) is 25.7 Å². The summed E-state index contributed by atoms with van der Waals surface area (Å²) in [5.74, 6) is 0.824. The van der Waals surface area contributed by atoms with Crippen LogP contribution in [0, 0.1) is 0 Å². The number of ether oxygens (including phenoxy) is 1. The van der Waals surface area contributed by atoms with Crippen molar-refractivity contribution >= 4 is 0 Å². The lowest BCUT2D eigenvalue weighted by atomic mass is 10.1. The van der Waals surface area contributed by atoms with Crippen LogP contribution in [-0.2, 0) is 4.74 Å². The minimum absolute atomic E-state index is 0.110. The van der Waals surface area contributed by atoms with Crippen LogP contribution in [-0.4, -0.2) is 5.60 Å². The Bertz CT molecular complexity index is 209. The van der Waals surface area contributed by atoms with Crippen LogP contribution in [0.3, 0.4) is 0 Å². The Morgan fingerprint density at radius 1 is 1.46 bits per heavy atom. The number of hydrogen-bond acceptors (Lipinski definition) is 1. The summed E-state index contributed by atoms with van der Waals surface area (Å²) in [6, 6.07) is 0. The van der Waals surface area contributed by atoms with Crippen molar-refractivity contribution in [2.75, 3.05) is 0 Å². The molecule has 0 aliphatic carbocycles. The van der Waals surface area contributed by atoms with Crippen molar-refractivity contribution in [1.29, 1.82) is 0 Å². The standard InChI is InChI=1S/C12H20O/c1-6-9-10-11(7-2)13-12(4,5)8-3/h6-7,9-10H,2,8H2,1,3-5H3/b9-6+,11-10+. The molecule has 0 amide bonds. The molecule has 0 rings (SSSR count). The van der Waals surface area contributed by atoms with Crippen molar-refractivity contribution in [2.45, 2.75) is 39.7 Å². The van der Waals surface area contributed by atoms with Gasteiger partial charge in [0.15, 0.2) is 0 Å². The van der Waals surface area contributed by atoms with E-state index in [-0.39, 0.29) is 5.60 Å². The van der Waals surface area contributed by atoms with E-state index in [1.54, 1.807) is 6.08 Å². The van der Waals surface area contributed by atoms with E-state index in [9.17, 15) is 0 Å². The Hall–Kier alpha value is -0.980. The van der Waals surface area contributed by atoms with E-state index in [0.717, 1.165) is 12.2 Å². The lowest BCUT2D eigenvalue weighted by Gasteiger charge is -2.25. The van der Waals surface area contributed by atoms with Gasteiger partial charge in [-0.25, -0.2) is 0 Å². The third kappa shape index (κ3) is 5.29. The molecule has 13 heavy (non-hydrogen) atoms. The fraction of sp³-hybridized carbons (Fsp3) is 0.500. The third-order valence-electron chi connectivity index (χ3n) is 1.90. The Morgan fingerprint density at radius 3 is 2.46 bits per heavy atom. The predicted octanol–water partition coefficient (Wildman–Crippen LogP) is 3.84. The molecule has 0 aromatic heterocycles. The summed E-state index contributed by atoms with van der Waals surface area (Å²) in [5, 5.41) is 0. The van der Waals surface area contributed by atoms with Crippen LogP contribution in [0.25, 0.3) is 0 Å². The summed E-state index contributed by atoms with van der Waals surface area (Å²) in [6.07, 6.45) is 8.55.